The molecular formula is C14H17N3O2. The monoisotopic (exact) mass is 259 g/mol. The number of nitrogens with zero attached hydrogens (tertiary/aromatic N) is 3. The average molecular weight is 259 g/mol. The number of fused-ring (bicyclic) bond motifs is 1. The molecule has 0 saturated heterocycles. The summed E-state index contributed by atoms with van der Waals surface area (Å²) < 4.78 is 7.41. The first kappa shape index (κ1) is 12.3. The van der Waals surface area contributed by atoms with Gasteiger partial charge >= 0.3 is 0 Å². The molecule has 0 spiro atoms. The Bertz CT molecular complexity index is 592. The number of aliphatic hydroxyl groups is 1. The van der Waals surface area contributed by atoms with Crippen LogP contribution in [-0.4, -0.2) is 19.9 Å². The van der Waals surface area contributed by atoms with Crippen molar-refractivity contribution in [3.8, 4) is 11.4 Å². The van der Waals surface area contributed by atoms with Gasteiger partial charge < -0.3 is 14.4 Å². The second-order valence-electron chi connectivity index (χ2n) is 4.73. The van der Waals surface area contributed by atoms with Crippen molar-refractivity contribution in [2.45, 2.75) is 39.7 Å². The Morgan fingerprint density at radius 2 is 2.11 bits per heavy atom. The molecule has 2 aromatic rings. The van der Waals surface area contributed by atoms with Crippen LogP contribution in [0.3, 0.4) is 0 Å². The van der Waals surface area contributed by atoms with Crippen LogP contribution in [0.5, 0.6) is 0 Å². The molecule has 0 unspecified atom stereocenters. The van der Waals surface area contributed by atoms with Gasteiger partial charge in [0.15, 0.2) is 11.6 Å². The van der Waals surface area contributed by atoms with E-state index >= 15 is 0 Å². The van der Waals surface area contributed by atoms with E-state index in [4.69, 9.17) is 4.74 Å². The molecule has 1 N–H and O–H groups in total. The van der Waals surface area contributed by atoms with E-state index < -0.39 is 0 Å². The van der Waals surface area contributed by atoms with Crippen LogP contribution in [0.2, 0.25) is 0 Å². The average Bonchev–Trinajstić information content (AvgIpc) is 3.04. The van der Waals surface area contributed by atoms with Crippen LogP contribution in [-0.2, 0) is 31.1 Å². The van der Waals surface area contributed by atoms with E-state index in [1.807, 2.05) is 10.6 Å². The van der Waals surface area contributed by atoms with Crippen LogP contribution in [0.15, 0.2) is 18.2 Å². The van der Waals surface area contributed by atoms with Crippen LogP contribution >= 0.6 is 0 Å². The maximum Gasteiger partial charge on any atom is 0.164 e. The van der Waals surface area contributed by atoms with Gasteiger partial charge in [-0.3, -0.25) is 0 Å². The Balaban J connectivity index is 2.04. The standard InChI is InChI=1S/C14H17N3O2/c1-2-5-17-13(7-18)15-16-14(17)10-3-4-11-8-19-9-12(11)6-10/h3-4,6,18H,2,5,7-9H2,1H3. The summed E-state index contributed by atoms with van der Waals surface area (Å²) in [5, 5.41) is 17.6. The molecule has 5 nitrogen and oxygen atoms in total. The van der Waals surface area contributed by atoms with Gasteiger partial charge in [0.2, 0.25) is 0 Å². The predicted octanol–water partition coefficient (Wildman–Crippen LogP) is 1.88. The van der Waals surface area contributed by atoms with E-state index in [1.165, 1.54) is 11.1 Å². The van der Waals surface area contributed by atoms with Gasteiger partial charge in [-0.2, -0.15) is 0 Å². The van der Waals surface area contributed by atoms with Crippen LogP contribution in [0, 0.1) is 0 Å². The van der Waals surface area contributed by atoms with Crippen molar-refractivity contribution in [3.05, 3.63) is 35.2 Å². The molecule has 0 amide bonds. The normalized spacial score (nSPS) is 13.8. The minimum Gasteiger partial charge on any atom is -0.388 e. The molecule has 3 rings (SSSR count). The van der Waals surface area contributed by atoms with Crippen molar-refractivity contribution in [3.63, 3.8) is 0 Å². The minimum absolute atomic E-state index is 0.0823. The summed E-state index contributed by atoms with van der Waals surface area (Å²) in [4.78, 5) is 0. The van der Waals surface area contributed by atoms with E-state index in [-0.39, 0.29) is 6.61 Å². The first-order valence-corrected chi connectivity index (χ1v) is 6.56. The van der Waals surface area contributed by atoms with E-state index in [9.17, 15) is 5.11 Å². The van der Waals surface area contributed by atoms with Crippen molar-refractivity contribution in [2.75, 3.05) is 0 Å². The molecule has 100 valence electrons. The number of aliphatic hydroxyl groups excluding tert-OH is 1. The van der Waals surface area contributed by atoms with Crippen LogP contribution in [0.1, 0.15) is 30.3 Å². The fourth-order valence-corrected chi connectivity index (χ4v) is 2.44. The molecule has 0 atom stereocenters. The SMILES string of the molecule is CCCn1c(CO)nnc1-c1ccc2c(c1)COC2. The zero-order chi connectivity index (χ0) is 13.2. The molecule has 0 saturated carbocycles. The van der Waals surface area contributed by atoms with E-state index in [1.54, 1.807) is 0 Å². The summed E-state index contributed by atoms with van der Waals surface area (Å²) in [7, 11) is 0. The second kappa shape index (κ2) is 5.11. The lowest BCUT2D eigenvalue weighted by molar-refractivity contribution is 0.134. The molecule has 1 aliphatic heterocycles. The summed E-state index contributed by atoms with van der Waals surface area (Å²) in [6.07, 6.45) is 0.978. The van der Waals surface area contributed by atoms with Crippen molar-refractivity contribution in [1.82, 2.24) is 14.8 Å². The van der Waals surface area contributed by atoms with Gasteiger partial charge in [0.1, 0.15) is 6.61 Å². The number of benzene rings is 1. The third-order valence-corrected chi connectivity index (χ3v) is 3.40. The van der Waals surface area contributed by atoms with E-state index in [0.717, 1.165) is 24.4 Å². The molecule has 2 heterocycles. The molecule has 0 radical (unpaired) electrons. The molecule has 5 heteroatoms. The summed E-state index contributed by atoms with van der Waals surface area (Å²) in [6, 6.07) is 6.24. The van der Waals surface area contributed by atoms with Crippen LogP contribution in [0.4, 0.5) is 0 Å². The highest BCUT2D eigenvalue weighted by Crippen LogP contribution is 2.26. The Kier molecular flexibility index (Phi) is 3.31. The fraction of sp³-hybridized carbons (Fsp3) is 0.429. The van der Waals surface area contributed by atoms with Gasteiger partial charge in [-0.25, -0.2) is 0 Å². The van der Waals surface area contributed by atoms with Gasteiger partial charge in [-0.05, 0) is 23.6 Å². The Morgan fingerprint density at radius 3 is 2.89 bits per heavy atom. The zero-order valence-electron chi connectivity index (χ0n) is 11.0. The van der Waals surface area contributed by atoms with Crippen molar-refractivity contribution < 1.29 is 9.84 Å². The molecule has 1 aromatic carbocycles. The number of hydrogen-bond donors (Lipinski definition) is 1. The van der Waals surface area contributed by atoms with Crippen LogP contribution in [0.25, 0.3) is 11.4 Å². The summed E-state index contributed by atoms with van der Waals surface area (Å²) >= 11 is 0. The first-order valence-electron chi connectivity index (χ1n) is 6.56. The number of rotatable bonds is 4. The number of hydrogen-bond acceptors (Lipinski definition) is 4. The van der Waals surface area contributed by atoms with Crippen molar-refractivity contribution in [2.24, 2.45) is 0 Å². The predicted molar refractivity (Wildman–Crippen MR) is 70.2 cm³/mol. The Labute approximate surface area is 111 Å². The van der Waals surface area contributed by atoms with Gasteiger partial charge in [0, 0.05) is 12.1 Å². The van der Waals surface area contributed by atoms with Crippen molar-refractivity contribution >= 4 is 0 Å². The van der Waals surface area contributed by atoms with Gasteiger partial charge in [-0.15, -0.1) is 10.2 Å². The lowest BCUT2D eigenvalue weighted by atomic mass is 10.1. The summed E-state index contributed by atoms with van der Waals surface area (Å²) in [6.45, 7) is 4.19. The fourth-order valence-electron chi connectivity index (χ4n) is 2.44. The Morgan fingerprint density at radius 1 is 1.26 bits per heavy atom. The second-order valence-corrected chi connectivity index (χ2v) is 4.73. The molecule has 0 bridgehead atoms. The molecule has 1 aliphatic rings. The van der Waals surface area contributed by atoms with E-state index in [2.05, 4.69) is 29.3 Å². The highest BCUT2D eigenvalue weighted by atomic mass is 16.5. The third-order valence-electron chi connectivity index (χ3n) is 3.40. The Hall–Kier alpha value is -1.72. The van der Waals surface area contributed by atoms with Crippen molar-refractivity contribution in [1.29, 1.82) is 0 Å². The largest absolute Gasteiger partial charge is 0.388 e. The molecular weight excluding hydrogens is 242 g/mol. The maximum atomic E-state index is 9.32. The lowest BCUT2D eigenvalue weighted by Gasteiger charge is -2.08. The smallest absolute Gasteiger partial charge is 0.164 e. The van der Waals surface area contributed by atoms with Gasteiger partial charge in [0.05, 0.1) is 13.2 Å². The maximum absolute atomic E-state index is 9.32. The zero-order valence-corrected chi connectivity index (χ0v) is 11.0. The highest BCUT2D eigenvalue weighted by Gasteiger charge is 2.16. The molecule has 19 heavy (non-hydrogen) atoms. The van der Waals surface area contributed by atoms with E-state index in [0.29, 0.717) is 19.0 Å². The minimum atomic E-state index is -0.0823. The van der Waals surface area contributed by atoms with Crippen LogP contribution < -0.4 is 0 Å². The first-order chi connectivity index (χ1) is 9.33. The summed E-state index contributed by atoms with van der Waals surface area (Å²) in [5.74, 6) is 1.44. The number of aromatic nitrogens is 3. The highest BCUT2D eigenvalue weighted by molar-refractivity contribution is 5.58. The topological polar surface area (TPSA) is 60.2 Å². The molecule has 1 aromatic heterocycles. The number of ether oxygens (including phenoxy) is 1. The van der Waals surface area contributed by atoms with Gasteiger partial charge in [-0.1, -0.05) is 19.1 Å². The quantitative estimate of drug-likeness (QED) is 0.910. The molecule has 0 fully saturated rings. The lowest BCUT2D eigenvalue weighted by Crippen LogP contribution is -2.05. The van der Waals surface area contributed by atoms with Gasteiger partial charge in [0.25, 0.3) is 0 Å². The third kappa shape index (κ3) is 2.15. The summed E-state index contributed by atoms with van der Waals surface area (Å²) in [5.41, 5.74) is 3.49. The molecule has 0 aliphatic carbocycles.